The van der Waals surface area contributed by atoms with Crippen molar-refractivity contribution in [3.63, 3.8) is 0 Å². The van der Waals surface area contributed by atoms with Crippen LogP contribution in [0.25, 0.3) is 71.5 Å². The number of thiophene rings is 7. The SMILES string of the molecule is CC(=O)Nc1cc2nc(Cl)nc(Cl)c2s1.CC(=O)Nc1sc2c(Cl)nc(Cl)nc2c1N.CC(=O)Nc1sc2c(Cl)nc(Cl)nc2c1NC(C)C.CC(=O)Nc1sc2c(Cl)nc(Cl)nc2c1[N+](=O)[O-].Clc1nc(Cl)c2sccc2n1.Nc1cc2nc(Cl)nc(Cl)c2s1.O=[N+]([O-])c1cc2nc(Cl)nc(Cl)c2s1. The quantitative estimate of drug-likeness (QED) is 0.0321. The van der Waals surface area contributed by atoms with Crippen molar-refractivity contribution < 1.29 is 29.0 Å². The number of carbonyl (C=O) groups is 4. The van der Waals surface area contributed by atoms with E-state index in [1.54, 1.807) is 12.1 Å². The smallest absolute Gasteiger partial charge is 0.330 e. The lowest BCUT2D eigenvalue weighted by molar-refractivity contribution is -0.382. The Labute approximate surface area is 684 Å². The fourth-order valence-electron chi connectivity index (χ4n) is 7.83. The molecule has 548 valence electrons. The van der Waals surface area contributed by atoms with E-state index in [-0.39, 0.29) is 103 Å². The molecule has 31 nitrogen and oxygen atoms in total. The third-order valence-corrected chi connectivity index (χ3v) is 22.7. The molecule has 0 aliphatic heterocycles. The van der Waals surface area contributed by atoms with Crippen LogP contribution in [0.2, 0.25) is 73.1 Å². The van der Waals surface area contributed by atoms with Gasteiger partial charge in [0.15, 0.2) is 46.6 Å². The van der Waals surface area contributed by atoms with E-state index in [9.17, 15) is 39.4 Å². The summed E-state index contributed by atoms with van der Waals surface area (Å²) in [5.41, 5.74) is 15.7. The Morgan fingerprint density at radius 2 is 0.781 bits per heavy atom. The molecule has 0 saturated heterocycles. The molecule has 9 N–H and O–H groups in total. The number of hydrogen-bond acceptors (Lipinski definition) is 32. The number of amides is 4. The summed E-state index contributed by atoms with van der Waals surface area (Å²) >= 11 is 89.0. The van der Waals surface area contributed by atoms with Gasteiger partial charge in [0.05, 0.1) is 92.3 Å². The lowest BCUT2D eigenvalue weighted by atomic mass is 10.3. The van der Waals surface area contributed by atoms with Gasteiger partial charge in [0.2, 0.25) is 60.6 Å². The molecule has 52 heteroatoms. The van der Waals surface area contributed by atoms with E-state index in [0.29, 0.717) is 92.2 Å². The highest BCUT2D eigenvalue weighted by Gasteiger charge is 2.28. The van der Waals surface area contributed by atoms with E-state index in [0.717, 1.165) is 43.3 Å². The van der Waals surface area contributed by atoms with Crippen molar-refractivity contribution in [1.29, 1.82) is 0 Å². The lowest BCUT2D eigenvalue weighted by Crippen LogP contribution is -2.12. The highest BCUT2D eigenvalue weighted by atomic mass is 35.5. The summed E-state index contributed by atoms with van der Waals surface area (Å²) in [6.45, 7) is 9.50. The molecule has 0 aliphatic carbocycles. The molecular formula is C53H33Cl14N23O8S7. The second-order valence-electron chi connectivity index (χ2n) is 19.6. The molecule has 4 amide bonds. The zero-order valence-electron chi connectivity index (χ0n) is 52.2. The van der Waals surface area contributed by atoms with Crippen LogP contribution in [0.1, 0.15) is 41.5 Å². The summed E-state index contributed by atoms with van der Waals surface area (Å²) in [6, 6.07) is 6.79. The fraction of sp³-hybridized carbons (Fsp3) is 0.132. The van der Waals surface area contributed by atoms with Crippen molar-refractivity contribution in [3.8, 4) is 0 Å². The number of anilines is 7. The van der Waals surface area contributed by atoms with Crippen LogP contribution in [-0.2, 0) is 19.2 Å². The van der Waals surface area contributed by atoms with Gasteiger partial charge in [0.25, 0.3) is 0 Å². The summed E-state index contributed by atoms with van der Waals surface area (Å²) in [4.78, 5) is 118. The van der Waals surface area contributed by atoms with E-state index >= 15 is 0 Å². The predicted molar refractivity (Wildman–Crippen MR) is 430 cm³/mol. The molecule has 0 bridgehead atoms. The number of aromatic nitrogens is 14. The summed E-state index contributed by atoms with van der Waals surface area (Å²) in [5.74, 6) is -0.946. The van der Waals surface area contributed by atoms with E-state index in [1.165, 1.54) is 90.4 Å². The number of nitrogens with zero attached hydrogens (tertiary/aromatic N) is 16. The first kappa shape index (κ1) is 84.0. The molecule has 14 aromatic heterocycles. The van der Waals surface area contributed by atoms with Gasteiger partial charge in [0.1, 0.15) is 21.0 Å². The van der Waals surface area contributed by atoms with Gasteiger partial charge < -0.3 is 38.1 Å². The summed E-state index contributed by atoms with van der Waals surface area (Å²) in [7, 11) is 0. The van der Waals surface area contributed by atoms with Crippen molar-refractivity contribution in [1.82, 2.24) is 69.8 Å². The Morgan fingerprint density at radius 3 is 1.27 bits per heavy atom. The van der Waals surface area contributed by atoms with Crippen LogP contribution in [0.15, 0.2) is 29.6 Å². The third kappa shape index (κ3) is 22.3. The number of nitrogen functional groups attached to an aromatic ring is 2. The van der Waals surface area contributed by atoms with Gasteiger partial charge in [-0.05, 0) is 119 Å². The number of fused-ring (bicyclic) bond motifs is 7. The van der Waals surface area contributed by atoms with Crippen LogP contribution >= 0.6 is 242 Å². The molecule has 0 fully saturated rings. The summed E-state index contributed by atoms with van der Waals surface area (Å²) < 4.78 is 4.45. The average molecular weight is 1840 g/mol. The lowest BCUT2D eigenvalue weighted by Gasteiger charge is -2.11. The van der Waals surface area contributed by atoms with E-state index < -0.39 is 15.8 Å². The number of halogens is 14. The Balaban J connectivity index is 0.000000156. The first-order valence-electron chi connectivity index (χ1n) is 27.4. The normalized spacial score (nSPS) is 10.8. The standard InChI is InChI=1S/C11H12Cl2N4OS.C8H4Cl2N4O3S.C8H6Cl2N4OS.C8H5Cl2N3OS.C6HCl2N3O2S.C6H3Cl2N3S.C6H2Cl2N2S/c1-4(2)14-7-6-8(9(12)17-11(13)16-6)19-10(7)15-5(3)18;1-2(15)11-7-4(14(16)17)3-5(18-7)6(9)13-8(10)12-3;1-2(15)12-7-3(11)4-5(16-7)6(9)14-8(10)13-4;1-3(14)11-5-2-4-6(15-5)7(9)13-8(10)12-4;7-5-4-2(9-6(8)10-5)1-3(14-4)11(12)13;7-5-4-2(1-3(9)12-4)10-6(8)11-5;7-5-4-3(1-2-11-4)9-6(8)10-5/h4,14H,1-3H3,(H,15,18);1H3,(H,11,15);11H2,1H3,(H,12,15);2H,1H3,(H,11,14);1H;1H,9H2;1-2H. The Kier molecular flexibility index (Phi) is 29.6. The Hall–Kier alpha value is -6.58. The number of nitrogens with two attached hydrogens (primary N) is 2. The van der Waals surface area contributed by atoms with Gasteiger partial charge in [-0.15, -0.1) is 68.0 Å². The average Bonchev–Trinajstić information content (AvgIpc) is 1.64. The number of hydrogen-bond donors (Lipinski definition) is 7. The minimum atomic E-state index is -0.649. The molecule has 0 unspecified atom stereocenters. The minimum absolute atomic E-state index is 0.00898. The number of nitro groups is 2. The van der Waals surface area contributed by atoms with Gasteiger partial charge in [-0.3, -0.25) is 39.4 Å². The van der Waals surface area contributed by atoms with E-state index in [4.69, 9.17) is 174 Å². The number of rotatable bonds is 8. The maximum atomic E-state index is 11.3. The van der Waals surface area contributed by atoms with Gasteiger partial charge in [-0.25, -0.2) is 69.8 Å². The van der Waals surface area contributed by atoms with E-state index in [2.05, 4.69) is 96.4 Å². The topological polar surface area (TPSA) is 447 Å². The first-order chi connectivity index (χ1) is 49.3. The van der Waals surface area contributed by atoms with Gasteiger partial charge in [-0.2, -0.15) is 0 Å². The van der Waals surface area contributed by atoms with Crippen LogP contribution in [0.4, 0.5) is 47.1 Å². The van der Waals surface area contributed by atoms with Crippen LogP contribution in [0.3, 0.4) is 0 Å². The molecule has 0 aromatic carbocycles. The van der Waals surface area contributed by atoms with Crippen molar-refractivity contribution in [2.24, 2.45) is 0 Å². The van der Waals surface area contributed by atoms with Crippen molar-refractivity contribution in [2.45, 2.75) is 47.6 Å². The van der Waals surface area contributed by atoms with Crippen LogP contribution in [-0.4, -0.2) is 109 Å². The molecule has 105 heavy (non-hydrogen) atoms. The molecule has 0 saturated carbocycles. The molecule has 14 aromatic rings. The van der Waals surface area contributed by atoms with Crippen molar-refractivity contribution in [3.05, 3.63) is 123 Å². The largest absolute Gasteiger partial charge is 0.395 e. The van der Waals surface area contributed by atoms with Crippen LogP contribution < -0.4 is 38.1 Å². The molecule has 0 radical (unpaired) electrons. The zero-order valence-corrected chi connectivity index (χ0v) is 68.5. The molecule has 0 aliphatic rings. The van der Waals surface area contributed by atoms with Crippen molar-refractivity contribution >= 4 is 384 Å². The highest BCUT2D eigenvalue weighted by Crippen LogP contribution is 2.46. The predicted octanol–water partition coefficient (Wildman–Crippen LogP) is 20.6. The highest BCUT2D eigenvalue weighted by molar-refractivity contribution is 7.26. The van der Waals surface area contributed by atoms with Crippen LogP contribution in [0.5, 0.6) is 0 Å². The molecule has 14 heterocycles. The first-order valence-corrected chi connectivity index (χ1v) is 38.5. The monoisotopic (exact) mass is 1830 g/mol. The molecule has 0 spiro atoms. The van der Waals surface area contributed by atoms with Crippen molar-refractivity contribution in [2.75, 3.05) is 38.1 Å². The van der Waals surface area contributed by atoms with Crippen LogP contribution in [0, 0.1) is 20.2 Å². The van der Waals surface area contributed by atoms with Gasteiger partial charge in [-0.1, -0.05) is 92.5 Å². The fourth-order valence-corrected chi connectivity index (χ4v) is 17.6. The maximum Gasteiger partial charge on any atom is 0.330 e. The zero-order chi connectivity index (χ0) is 77.3. The molecule has 0 atom stereocenters. The minimum Gasteiger partial charge on any atom is -0.395 e. The third-order valence-electron chi connectivity index (χ3n) is 11.5. The Bertz CT molecular complexity index is 5730. The number of nitrogens with one attached hydrogen (secondary N) is 5. The molecular weight excluding hydrogens is 1810 g/mol. The maximum absolute atomic E-state index is 11.3. The van der Waals surface area contributed by atoms with Gasteiger partial charge >= 0.3 is 10.7 Å². The second kappa shape index (κ2) is 37.0. The second-order valence-corrected chi connectivity index (χ2v) is 31.6. The Morgan fingerprint density at radius 1 is 0.410 bits per heavy atom. The molecule has 14 rings (SSSR count). The summed E-state index contributed by atoms with van der Waals surface area (Å²) in [6.07, 6.45) is 0. The number of carbonyl (C=O) groups excluding carboxylic acids is 4. The van der Waals surface area contributed by atoms with Gasteiger partial charge in [0, 0.05) is 33.7 Å². The van der Waals surface area contributed by atoms with E-state index in [1.807, 2.05) is 25.3 Å². The summed E-state index contributed by atoms with van der Waals surface area (Å²) in [5, 5.41) is 41.6.